The fourth-order valence-electron chi connectivity index (χ4n) is 1.83. The standard InChI is InChI=1S/C12H20N2OS/c1-3-5-9(2)11(12(13)15)14-8-10-6-4-7-16-10/h4,6-7,9,11,14H,3,5,8H2,1-2H3,(H2,13,15). The summed E-state index contributed by atoms with van der Waals surface area (Å²) in [6, 6.07) is 3.85. The second kappa shape index (κ2) is 6.66. The zero-order valence-corrected chi connectivity index (χ0v) is 10.7. The number of carbonyl (C=O) groups is 1. The first-order chi connectivity index (χ1) is 7.65. The fraction of sp³-hybridized carbons (Fsp3) is 0.583. The Hall–Kier alpha value is -0.870. The summed E-state index contributed by atoms with van der Waals surface area (Å²) in [5, 5.41) is 5.28. The molecule has 2 unspecified atom stereocenters. The molecule has 0 saturated carbocycles. The molecular formula is C12H20N2OS. The summed E-state index contributed by atoms with van der Waals surface area (Å²) in [5.41, 5.74) is 5.41. The molecule has 1 aromatic rings. The summed E-state index contributed by atoms with van der Waals surface area (Å²) in [4.78, 5) is 12.6. The van der Waals surface area contributed by atoms with Gasteiger partial charge in [-0.15, -0.1) is 11.3 Å². The van der Waals surface area contributed by atoms with E-state index in [0.29, 0.717) is 5.92 Å². The van der Waals surface area contributed by atoms with Crippen molar-refractivity contribution in [3.63, 3.8) is 0 Å². The Morgan fingerprint density at radius 2 is 2.38 bits per heavy atom. The molecule has 16 heavy (non-hydrogen) atoms. The van der Waals surface area contributed by atoms with E-state index in [9.17, 15) is 4.79 Å². The first-order valence-corrected chi connectivity index (χ1v) is 6.58. The second-order valence-corrected chi connectivity index (χ2v) is 5.14. The minimum absolute atomic E-state index is 0.220. The van der Waals surface area contributed by atoms with Crippen molar-refractivity contribution in [1.29, 1.82) is 0 Å². The zero-order chi connectivity index (χ0) is 12.0. The van der Waals surface area contributed by atoms with Crippen molar-refractivity contribution in [3.8, 4) is 0 Å². The summed E-state index contributed by atoms with van der Waals surface area (Å²) in [6.45, 7) is 4.91. The molecule has 0 fully saturated rings. The van der Waals surface area contributed by atoms with E-state index in [1.165, 1.54) is 4.88 Å². The van der Waals surface area contributed by atoms with Gasteiger partial charge in [-0.3, -0.25) is 4.79 Å². The van der Waals surface area contributed by atoms with Crippen LogP contribution in [0.25, 0.3) is 0 Å². The first-order valence-electron chi connectivity index (χ1n) is 5.70. The molecule has 0 spiro atoms. The van der Waals surface area contributed by atoms with Crippen molar-refractivity contribution >= 4 is 17.2 Å². The van der Waals surface area contributed by atoms with Gasteiger partial charge in [0.2, 0.25) is 5.91 Å². The molecule has 3 N–H and O–H groups in total. The third-order valence-corrected chi connectivity index (χ3v) is 3.57. The van der Waals surface area contributed by atoms with E-state index in [4.69, 9.17) is 5.73 Å². The monoisotopic (exact) mass is 240 g/mol. The van der Waals surface area contributed by atoms with Crippen LogP contribution in [0, 0.1) is 5.92 Å². The van der Waals surface area contributed by atoms with Crippen LogP contribution in [-0.2, 0) is 11.3 Å². The largest absolute Gasteiger partial charge is 0.368 e. The maximum Gasteiger partial charge on any atom is 0.234 e. The van der Waals surface area contributed by atoms with Gasteiger partial charge >= 0.3 is 0 Å². The van der Waals surface area contributed by atoms with Crippen LogP contribution in [0.5, 0.6) is 0 Å². The number of thiophene rings is 1. The topological polar surface area (TPSA) is 55.1 Å². The Morgan fingerprint density at radius 1 is 1.62 bits per heavy atom. The quantitative estimate of drug-likeness (QED) is 0.767. The predicted octanol–water partition coefficient (Wildman–Crippen LogP) is 2.13. The smallest absolute Gasteiger partial charge is 0.234 e. The molecule has 0 aliphatic heterocycles. The molecule has 2 atom stereocenters. The number of nitrogens with one attached hydrogen (secondary N) is 1. The highest BCUT2D eigenvalue weighted by atomic mass is 32.1. The van der Waals surface area contributed by atoms with Gasteiger partial charge in [-0.25, -0.2) is 0 Å². The van der Waals surface area contributed by atoms with Gasteiger partial charge in [0.15, 0.2) is 0 Å². The van der Waals surface area contributed by atoms with Crippen molar-refractivity contribution in [1.82, 2.24) is 5.32 Å². The van der Waals surface area contributed by atoms with Crippen molar-refractivity contribution in [3.05, 3.63) is 22.4 Å². The molecule has 0 aliphatic rings. The minimum Gasteiger partial charge on any atom is -0.368 e. The van der Waals surface area contributed by atoms with Crippen LogP contribution in [-0.4, -0.2) is 11.9 Å². The van der Waals surface area contributed by atoms with E-state index in [-0.39, 0.29) is 11.9 Å². The normalized spacial score (nSPS) is 14.6. The van der Waals surface area contributed by atoms with E-state index < -0.39 is 0 Å². The van der Waals surface area contributed by atoms with E-state index in [2.05, 4.69) is 25.2 Å². The second-order valence-electron chi connectivity index (χ2n) is 4.11. The van der Waals surface area contributed by atoms with Gasteiger partial charge in [0.05, 0.1) is 6.04 Å². The number of nitrogens with two attached hydrogens (primary N) is 1. The van der Waals surface area contributed by atoms with Crippen LogP contribution >= 0.6 is 11.3 Å². The number of amides is 1. The number of primary amides is 1. The van der Waals surface area contributed by atoms with E-state index in [1.807, 2.05) is 11.4 Å². The molecule has 0 bridgehead atoms. The molecule has 90 valence electrons. The predicted molar refractivity (Wildman–Crippen MR) is 68.2 cm³/mol. The lowest BCUT2D eigenvalue weighted by molar-refractivity contribution is -0.121. The summed E-state index contributed by atoms with van der Waals surface area (Å²) >= 11 is 1.69. The van der Waals surface area contributed by atoms with Gasteiger partial charge in [-0.05, 0) is 23.8 Å². The van der Waals surface area contributed by atoms with Crippen LogP contribution in [0.2, 0.25) is 0 Å². The molecule has 0 aromatic carbocycles. The molecule has 0 aliphatic carbocycles. The Labute approximate surface area is 101 Å². The van der Waals surface area contributed by atoms with Crippen molar-refractivity contribution < 1.29 is 4.79 Å². The third-order valence-electron chi connectivity index (χ3n) is 2.70. The maximum atomic E-state index is 11.3. The molecule has 1 amide bonds. The highest BCUT2D eigenvalue weighted by Gasteiger charge is 2.21. The summed E-state index contributed by atoms with van der Waals surface area (Å²) < 4.78 is 0. The van der Waals surface area contributed by atoms with Crippen LogP contribution in [0.3, 0.4) is 0 Å². The van der Waals surface area contributed by atoms with Crippen LogP contribution in [0.1, 0.15) is 31.6 Å². The molecule has 0 radical (unpaired) electrons. The molecule has 1 aromatic heterocycles. The molecular weight excluding hydrogens is 220 g/mol. The van der Waals surface area contributed by atoms with Gasteiger partial charge in [0.1, 0.15) is 0 Å². The molecule has 1 heterocycles. The Kier molecular flexibility index (Phi) is 5.49. The summed E-state index contributed by atoms with van der Waals surface area (Å²) in [5.74, 6) is 0.0416. The highest BCUT2D eigenvalue weighted by molar-refractivity contribution is 7.09. The zero-order valence-electron chi connectivity index (χ0n) is 9.90. The summed E-state index contributed by atoms with van der Waals surface area (Å²) in [7, 11) is 0. The van der Waals surface area contributed by atoms with Crippen molar-refractivity contribution in [2.75, 3.05) is 0 Å². The number of hydrogen-bond donors (Lipinski definition) is 2. The van der Waals surface area contributed by atoms with Gasteiger partial charge in [-0.2, -0.15) is 0 Å². The van der Waals surface area contributed by atoms with Crippen LogP contribution in [0.15, 0.2) is 17.5 Å². The van der Waals surface area contributed by atoms with E-state index in [1.54, 1.807) is 11.3 Å². The number of carbonyl (C=O) groups excluding carboxylic acids is 1. The maximum absolute atomic E-state index is 11.3. The lowest BCUT2D eigenvalue weighted by atomic mass is 9.96. The van der Waals surface area contributed by atoms with Gasteiger partial charge in [0.25, 0.3) is 0 Å². The van der Waals surface area contributed by atoms with Crippen molar-refractivity contribution in [2.45, 2.75) is 39.3 Å². The Bertz CT molecular complexity index is 311. The lowest BCUT2D eigenvalue weighted by Crippen LogP contribution is -2.45. The Balaban J connectivity index is 2.48. The van der Waals surface area contributed by atoms with Gasteiger partial charge in [-0.1, -0.05) is 26.3 Å². The Morgan fingerprint density at radius 3 is 2.88 bits per heavy atom. The highest BCUT2D eigenvalue weighted by Crippen LogP contribution is 2.13. The minimum atomic E-state index is -0.252. The van der Waals surface area contributed by atoms with E-state index >= 15 is 0 Å². The number of hydrogen-bond acceptors (Lipinski definition) is 3. The van der Waals surface area contributed by atoms with Gasteiger partial charge in [0, 0.05) is 11.4 Å². The van der Waals surface area contributed by atoms with Crippen LogP contribution in [0.4, 0.5) is 0 Å². The molecule has 0 saturated heterocycles. The average molecular weight is 240 g/mol. The molecule has 4 heteroatoms. The lowest BCUT2D eigenvalue weighted by Gasteiger charge is -2.21. The third kappa shape index (κ3) is 3.94. The van der Waals surface area contributed by atoms with Gasteiger partial charge < -0.3 is 11.1 Å². The summed E-state index contributed by atoms with van der Waals surface area (Å²) in [6.07, 6.45) is 2.09. The molecule has 1 rings (SSSR count). The SMILES string of the molecule is CCCC(C)C(NCc1cccs1)C(N)=O. The average Bonchev–Trinajstić information content (AvgIpc) is 2.70. The molecule has 3 nitrogen and oxygen atoms in total. The fourth-order valence-corrected chi connectivity index (χ4v) is 2.48. The van der Waals surface area contributed by atoms with Crippen LogP contribution < -0.4 is 11.1 Å². The first kappa shape index (κ1) is 13.2. The number of rotatable bonds is 7. The van der Waals surface area contributed by atoms with E-state index in [0.717, 1.165) is 19.4 Å². The van der Waals surface area contributed by atoms with Crippen molar-refractivity contribution in [2.24, 2.45) is 11.7 Å².